The molecule has 2 aromatic heterocycles. The molecule has 9 heteroatoms. The normalized spacial score (nSPS) is 19.5. The third kappa shape index (κ3) is 5.29. The van der Waals surface area contributed by atoms with Crippen LogP contribution in [0.2, 0.25) is 5.02 Å². The predicted molar refractivity (Wildman–Crippen MR) is 140 cm³/mol. The first-order valence-electron chi connectivity index (χ1n) is 12.0. The SMILES string of the molecule is Cc1ccc(Cl)cc1N1CCN(CCNC(=O)[C@H]2CCCN(c3nc4cccnc4s3)C2)CC1. The molecule has 1 N–H and O–H groups in total. The summed E-state index contributed by atoms with van der Waals surface area (Å²) >= 11 is 7.81. The van der Waals surface area contributed by atoms with Gasteiger partial charge in [0.05, 0.1) is 5.92 Å². The zero-order chi connectivity index (χ0) is 23.5. The number of hydrogen-bond donors (Lipinski definition) is 1. The van der Waals surface area contributed by atoms with Gasteiger partial charge in [-0.15, -0.1) is 0 Å². The zero-order valence-electron chi connectivity index (χ0n) is 19.5. The first kappa shape index (κ1) is 23.3. The summed E-state index contributed by atoms with van der Waals surface area (Å²) in [4.78, 5) is 30.1. The summed E-state index contributed by atoms with van der Waals surface area (Å²) in [6, 6.07) is 9.99. The first-order chi connectivity index (χ1) is 16.6. The van der Waals surface area contributed by atoms with Gasteiger partial charge in [0.2, 0.25) is 5.91 Å². The van der Waals surface area contributed by atoms with Crippen molar-refractivity contribution in [2.75, 3.05) is 62.2 Å². The average molecular weight is 499 g/mol. The van der Waals surface area contributed by atoms with Crippen LogP contribution in [0.4, 0.5) is 10.8 Å². The highest BCUT2D eigenvalue weighted by Gasteiger charge is 2.27. The Morgan fingerprint density at radius 2 is 2.03 bits per heavy atom. The van der Waals surface area contributed by atoms with Crippen LogP contribution in [-0.2, 0) is 4.79 Å². The van der Waals surface area contributed by atoms with E-state index in [1.165, 1.54) is 11.3 Å². The van der Waals surface area contributed by atoms with Gasteiger partial charge in [0.1, 0.15) is 10.3 Å². The van der Waals surface area contributed by atoms with E-state index in [0.29, 0.717) is 6.54 Å². The number of halogens is 1. The molecular weight excluding hydrogens is 468 g/mol. The number of nitrogens with zero attached hydrogens (tertiary/aromatic N) is 5. The highest BCUT2D eigenvalue weighted by molar-refractivity contribution is 7.21. The van der Waals surface area contributed by atoms with Crippen LogP contribution in [0.3, 0.4) is 0 Å². The molecule has 4 heterocycles. The fourth-order valence-corrected chi connectivity index (χ4v) is 5.99. The van der Waals surface area contributed by atoms with Crippen molar-refractivity contribution in [2.24, 2.45) is 5.92 Å². The minimum Gasteiger partial charge on any atom is -0.369 e. The summed E-state index contributed by atoms with van der Waals surface area (Å²) in [5.74, 6) is 0.175. The Morgan fingerprint density at radius 3 is 2.85 bits per heavy atom. The van der Waals surface area contributed by atoms with Crippen molar-refractivity contribution >= 4 is 50.0 Å². The minimum absolute atomic E-state index is 0.0105. The first-order valence-corrected chi connectivity index (χ1v) is 13.2. The molecule has 2 aliphatic rings. The van der Waals surface area contributed by atoms with E-state index in [9.17, 15) is 4.79 Å². The van der Waals surface area contributed by atoms with Crippen LogP contribution in [0.1, 0.15) is 18.4 Å². The van der Waals surface area contributed by atoms with Gasteiger partial charge in [-0.1, -0.05) is 29.0 Å². The van der Waals surface area contributed by atoms with Crippen LogP contribution in [0.5, 0.6) is 0 Å². The number of pyridine rings is 1. The Kier molecular flexibility index (Phi) is 7.18. The fraction of sp³-hybridized carbons (Fsp3) is 0.480. The molecule has 0 aliphatic carbocycles. The molecule has 5 rings (SSSR count). The summed E-state index contributed by atoms with van der Waals surface area (Å²) < 4.78 is 0. The summed E-state index contributed by atoms with van der Waals surface area (Å²) in [6.07, 6.45) is 3.74. The average Bonchev–Trinajstić information content (AvgIpc) is 3.31. The lowest BCUT2D eigenvalue weighted by Gasteiger charge is -2.37. The highest BCUT2D eigenvalue weighted by atomic mass is 35.5. The molecule has 34 heavy (non-hydrogen) atoms. The van der Waals surface area contributed by atoms with Crippen LogP contribution in [-0.4, -0.2) is 73.1 Å². The maximum absolute atomic E-state index is 12.9. The highest BCUT2D eigenvalue weighted by Crippen LogP contribution is 2.30. The molecule has 1 aromatic carbocycles. The largest absolute Gasteiger partial charge is 0.369 e. The van der Waals surface area contributed by atoms with Gasteiger partial charge in [0.15, 0.2) is 5.13 Å². The molecule has 0 radical (unpaired) electrons. The van der Waals surface area contributed by atoms with Crippen LogP contribution >= 0.6 is 22.9 Å². The second-order valence-electron chi connectivity index (χ2n) is 9.16. The number of thiazole rings is 1. The molecule has 1 amide bonds. The van der Waals surface area contributed by atoms with Gasteiger partial charge in [-0.2, -0.15) is 0 Å². The third-order valence-corrected chi connectivity index (χ3v) is 8.10. The molecule has 0 bridgehead atoms. The molecular formula is C25H31ClN6OS. The Bertz CT molecular complexity index is 1110. The van der Waals surface area contributed by atoms with E-state index < -0.39 is 0 Å². The van der Waals surface area contributed by atoms with Gasteiger partial charge >= 0.3 is 0 Å². The van der Waals surface area contributed by atoms with Crippen molar-refractivity contribution in [1.29, 1.82) is 0 Å². The van der Waals surface area contributed by atoms with Gasteiger partial charge in [-0.3, -0.25) is 9.69 Å². The predicted octanol–water partition coefficient (Wildman–Crippen LogP) is 3.81. The molecule has 180 valence electrons. The van der Waals surface area contributed by atoms with E-state index in [4.69, 9.17) is 16.6 Å². The van der Waals surface area contributed by atoms with Crippen LogP contribution in [0, 0.1) is 12.8 Å². The zero-order valence-corrected chi connectivity index (χ0v) is 21.1. The Hall–Kier alpha value is -2.42. The van der Waals surface area contributed by atoms with Gasteiger partial charge in [-0.05, 0) is 49.6 Å². The van der Waals surface area contributed by atoms with Crippen molar-refractivity contribution in [1.82, 2.24) is 20.2 Å². The van der Waals surface area contributed by atoms with Gasteiger partial charge in [0, 0.05) is 69.3 Å². The number of fused-ring (bicyclic) bond motifs is 1. The quantitative estimate of drug-likeness (QED) is 0.557. The number of benzene rings is 1. The molecule has 7 nitrogen and oxygen atoms in total. The van der Waals surface area contributed by atoms with Gasteiger partial charge < -0.3 is 15.1 Å². The number of aryl methyl sites for hydroxylation is 1. The number of piperidine rings is 1. The van der Waals surface area contributed by atoms with Crippen LogP contribution in [0.15, 0.2) is 36.5 Å². The Morgan fingerprint density at radius 1 is 1.18 bits per heavy atom. The van der Waals surface area contributed by atoms with E-state index >= 15 is 0 Å². The smallest absolute Gasteiger partial charge is 0.224 e. The second kappa shape index (κ2) is 10.5. The number of aromatic nitrogens is 2. The lowest BCUT2D eigenvalue weighted by atomic mass is 9.97. The molecule has 0 saturated carbocycles. The number of nitrogens with one attached hydrogen (secondary N) is 1. The van der Waals surface area contributed by atoms with Crippen LogP contribution < -0.4 is 15.1 Å². The van der Waals surface area contributed by atoms with E-state index in [1.54, 1.807) is 17.5 Å². The second-order valence-corrected chi connectivity index (χ2v) is 10.6. The van der Waals surface area contributed by atoms with E-state index in [0.717, 1.165) is 79.2 Å². The van der Waals surface area contributed by atoms with E-state index in [-0.39, 0.29) is 11.8 Å². The van der Waals surface area contributed by atoms with Crippen LogP contribution in [0.25, 0.3) is 10.3 Å². The molecule has 3 aromatic rings. The fourth-order valence-electron chi connectivity index (χ4n) is 4.88. The maximum atomic E-state index is 12.9. The Balaban J connectivity index is 1.07. The topological polar surface area (TPSA) is 64.6 Å². The van der Waals surface area contributed by atoms with Crippen molar-refractivity contribution in [3.8, 4) is 0 Å². The molecule has 0 unspecified atom stereocenters. The number of hydrogen-bond acceptors (Lipinski definition) is 7. The Labute approximate surface area is 209 Å². The van der Waals surface area contributed by atoms with Crippen molar-refractivity contribution in [2.45, 2.75) is 19.8 Å². The standard InChI is InChI=1S/C25H31ClN6OS/c1-18-6-7-20(26)16-22(18)31-14-12-30(13-15-31)11-9-27-23(33)19-4-3-10-32(17-19)25-29-21-5-2-8-28-24(21)34-25/h2,5-8,16,19H,3-4,9-15,17H2,1H3,(H,27,33)/t19-/m0/s1. The maximum Gasteiger partial charge on any atom is 0.224 e. The monoisotopic (exact) mass is 498 g/mol. The number of rotatable bonds is 6. The molecule has 0 spiro atoms. The number of piperazine rings is 1. The molecule has 2 saturated heterocycles. The summed E-state index contributed by atoms with van der Waals surface area (Å²) in [5, 5.41) is 4.95. The minimum atomic E-state index is 0.0105. The van der Waals surface area contributed by atoms with Crippen molar-refractivity contribution in [3.63, 3.8) is 0 Å². The van der Waals surface area contributed by atoms with E-state index in [1.807, 2.05) is 18.2 Å². The number of anilines is 2. The summed E-state index contributed by atoms with van der Waals surface area (Å²) in [7, 11) is 0. The van der Waals surface area contributed by atoms with Crippen molar-refractivity contribution < 1.29 is 4.79 Å². The van der Waals surface area contributed by atoms with E-state index in [2.05, 4.69) is 44.1 Å². The lowest BCUT2D eigenvalue weighted by Crippen LogP contribution is -2.49. The number of amides is 1. The summed E-state index contributed by atoms with van der Waals surface area (Å²) in [6.45, 7) is 9.31. The third-order valence-electron chi connectivity index (χ3n) is 6.83. The molecule has 2 aliphatic heterocycles. The number of carbonyl (C=O) groups excluding carboxylic acids is 1. The number of carbonyl (C=O) groups is 1. The molecule has 2 fully saturated rings. The molecule has 1 atom stereocenters. The lowest BCUT2D eigenvalue weighted by molar-refractivity contribution is -0.125. The van der Waals surface area contributed by atoms with Gasteiger partial charge in [0.25, 0.3) is 0 Å². The van der Waals surface area contributed by atoms with Crippen molar-refractivity contribution in [3.05, 3.63) is 47.1 Å². The van der Waals surface area contributed by atoms with Gasteiger partial charge in [-0.25, -0.2) is 9.97 Å². The summed E-state index contributed by atoms with van der Waals surface area (Å²) in [5.41, 5.74) is 3.42.